The van der Waals surface area contributed by atoms with Crippen LogP contribution in [0.25, 0.3) is 0 Å². The smallest absolute Gasteiger partial charge is 0.122 e. The summed E-state index contributed by atoms with van der Waals surface area (Å²) in [5.41, 5.74) is 2.33. The van der Waals surface area contributed by atoms with Crippen molar-refractivity contribution >= 4 is 11.8 Å². The van der Waals surface area contributed by atoms with Crippen molar-refractivity contribution in [2.75, 3.05) is 12.9 Å². The minimum absolute atomic E-state index is 0.252. The van der Waals surface area contributed by atoms with E-state index in [0.717, 1.165) is 17.7 Å². The second kappa shape index (κ2) is 5.78. The zero-order chi connectivity index (χ0) is 12.3. The van der Waals surface area contributed by atoms with E-state index in [4.69, 9.17) is 4.74 Å². The third-order valence-corrected chi connectivity index (χ3v) is 4.76. The fraction of sp³-hybridized carbons (Fsp3) is 0.571. The molecular formula is C14H20O2S. The van der Waals surface area contributed by atoms with Crippen molar-refractivity contribution in [2.24, 2.45) is 0 Å². The van der Waals surface area contributed by atoms with Crippen molar-refractivity contribution in [3.63, 3.8) is 0 Å². The SMILES string of the molecule is COc1ccc(C)cc1CC(O)C1CCCS1. The van der Waals surface area contributed by atoms with E-state index >= 15 is 0 Å². The van der Waals surface area contributed by atoms with Gasteiger partial charge in [-0.2, -0.15) is 11.8 Å². The molecule has 0 radical (unpaired) electrons. The molecule has 17 heavy (non-hydrogen) atoms. The normalized spacial score (nSPS) is 21.5. The molecule has 1 aromatic rings. The first kappa shape index (κ1) is 12.8. The van der Waals surface area contributed by atoms with E-state index in [2.05, 4.69) is 13.0 Å². The van der Waals surface area contributed by atoms with Crippen LogP contribution in [0, 0.1) is 6.92 Å². The van der Waals surface area contributed by atoms with Crippen LogP contribution in [0.1, 0.15) is 24.0 Å². The summed E-state index contributed by atoms with van der Waals surface area (Å²) in [4.78, 5) is 0. The third kappa shape index (κ3) is 3.17. The second-order valence-corrected chi connectivity index (χ2v) is 5.99. The van der Waals surface area contributed by atoms with Crippen LogP contribution in [0.3, 0.4) is 0 Å². The summed E-state index contributed by atoms with van der Waals surface area (Å²) in [5, 5.41) is 10.6. The first-order chi connectivity index (χ1) is 8.20. The van der Waals surface area contributed by atoms with Gasteiger partial charge in [-0.15, -0.1) is 0 Å². The Balaban J connectivity index is 2.08. The average molecular weight is 252 g/mol. The van der Waals surface area contributed by atoms with E-state index in [9.17, 15) is 5.11 Å². The minimum atomic E-state index is -0.252. The van der Waals surface area contributed by atoms with E-state index in [1.54, 1.807) is 7.11 Å². The van der Waals surface area contributed by atoms with Gasteiger partial charge in [0.05, 0.1) is 13.2 Å². The Morgan fingerprint density at radius 2 is 2.35 bits per heavy atom. The fourth-order valence-corrected chi connectivity index (χ4v) is 3.62. The molecule has 2 unspecified atom stereocenters. The van der Waals surface area contributed by atoms with Gasteiger partial charge in [-0.1, -0.05) is 17.7 Å². The zero-order valence-corrected chi connectivity index (χ0v) is 11.3. The van der Waals surface area contributed by atoms with Gasteiger partial charge in [0.25, 0.3) is 0 Å². The lowest BCUT2D eigenvalue weighted by Gasteiger charge is -2.18. The van der Waals surface area contributed by atoms with E-state index in [1.165, 1.54) is 17.7 Å². The molecule has 94 valence electrons. The summed E-state index contributed by atoms with van der Waals surface area (Å²) in [7, 11) is 1.69. The number of aliphatic hydroxyl groups excluding tert-OH is 1. The van der Waals surface area contributed by atoms with Crippen molar-refractivity contribution < 1.29 is 9.84 Å². The summed E-state index contributed by atoms with van der Waals surface area (Å²) in [5.74, 6) is 2.07. The summed E-state index contributed by atoms with van der Waals surface area (Å²) < 4.78 is 5.35. The average Bonchev–Trinajstić information content (AvgIpc) is 2.83. The summed E-state index contributed by atoms with van der Waals surface area (Å²) in [6, 6.07) is 6.14. The topological polar surface area (TPSA) is 29.5 Å². The largest absolute Gasteiger partial charge is 0.496 e. The molecule has 2 atom stereocenters. The van der Waals surface area contributed by atoms with Crippen LogP contribution < -0.4 is 4.74 Å². The molecule has 0 amide bonds. The predicted octanol–water partition coefficient (Wildman–Crippen LogP) is 2.80. The molecule has 2 rings (SSSR count). The molecule has 1 heterocycles. The number of aryl methyl sites for hydroxylation is 1. The standard InChI is InChI=1S/C14H20O2S/c1-10-5-6-13(16-2)11(8-10)9-12(15)14-4-3-7-17-14/h5-6,8,12,14-15H,3-4,7,9H2,1-2H3. The molecule has 2 nitrogen and oxygen atoms in total. The number of thioether (sulfide) groups is 1. The Labute approximate surface area is 107 Å². The molecule has 1 aliphatic rings. The molecule has 0 saturated carbocycles. The zero-order valence-electron chi connectivity index (χ0n) is 10.5. The Hall–Kier alpha value is -0.670. The molecule has 0 bridgehead atoms. The maximum Gasteiger partial charge on any atom is 0.122 e. The van der Waals surface area contributed by atoms with E-state index in [0.29, 0.717) is 11.7 Å². The molecule has 0 aromatic heterocycles. The van der Waals surface area contributed by atoms with E-state index < -0.39 is 0 Å². The fourth-order valence-electron chi connectivity index (χ4n) is 2.33. The maximum absolute atomic E-state index is 10.2. The highest BCUT2D eigenvalue weighted by Crippen LogP contribution is 2.31. The molecule has 1 N–H and O–H groups in total. The van der Waals surface area contributed by atoms with Gasteiger partial charge in [-0.05, 0) is 37.1 Å². The molecule has 1 saturated heterocycles. The van der Waals surface area contributed by atoms with Crippen LogP contribution in [0.2, 0.25) is 0 Å². The van der Waals surface area contributed by atoms with Crippen molar-refractivity contribution in [2.45, 2.75) is 37.5 Å². The highest BCUT2D eigenvalue weighted by Gasteiger charge is 2.24. The second-order valence-electron chi connectivity index (χ2n) is 4.64. The third-order valence-electron chi connectivity index (χ3n) is 3.26. The van der Waals surface area contributed by atoms with Crippen LogP contribution in [-0.2, 0) is 6.42 Å². The summed E-state index contributed by atoms with van der Waals surface area (Å²) >= 11 is 1.90. The predicted molar refractivity (Wildman–Crippen MR) is 72.9 cm³/mol. The first-order valence-electron chi connectivity index (χ1n) is 6.14. The minimum Gasteiger partial charge on any atom is -0.496 e. The number of aliphatic hydroxyl groups is 1. The number of methoxy groups -OCH3 is 1. The summed E-state index contributed by atoms with van der Waals surface area (Å²) in [6.07, 6.45) is 2.82. The van der Waals surface area contributed by atoms with Crippen molar-refractivity contribution in [3.8, 4) is 5.75 Å². The molecule has 0 spiro atoms. The molecular weight excluding hydrogens is 232 g/mol. The van der Waals surface area contributed by atoms with Gasteiger partial charge in [0.2, 0.25) is 0 Å². The van der Waals surface area contributed by atoms with Crippen molar-refractivity contribution in [1.29, 1.82) is 0 Å². The van der Waals surface area contributed by atoms with Gasteiger partial charge in [0, 0.05) is 11.7 Å². The lowest BCUT2D eigenvalue weighted by Crippen LogP contribution is -2.23. The first-order valence-corrected chi connectivity index (χ1v) is 7.19. The van der Waals surface area contributed by atoms with Gasteiger partial charge in [-0.25, -0.2) is 0 Å². The Kier molecular flexibility index (Phi) is 4.35. The summed E-state index contributed by atoms with van der Waals surface area (Å²) in [6.45, 7) is 2.07. The Bertz CT molecular complexity index is 372. The van der Waals surface area contributed by atoms with Crippen LogP contribution in [0.5, 0.6) is 5.75 Å². The molecule has 1 aliphatic heterocycles. The molecule has 1 fully saturated rings. The lowest BCUT2D eigenvalue weighted by molar-refractivity contribution is 0.169. The van der Waals surface area contributed by atoms with Gasteiger partial charge >= 0.3 is 0 Å². The maximum atomic E-state index is 10.2. The van der Waals surface area contributed by atoms with E-state index in [1.807, 2.05) is 23.9 Å². The van der Waals surface area contributed by atoms with Crippen LogP contribution in [0.4, 0.5) is 0 Å². The number of rotatable bonds is 4. The quantitative estimate of drug-likeness (QED) is 0.893. The number of hydrogen-bond acceptors (Lipinski definition) is 3. The van der Waals surface area contributed by atoms with Crippen molar-refractivity contribution in [1.82, 2.24) is 0 Å². The number of benzene rings is 1. The number of ether oxygens (including phenoxy) is 1. The van der Waals surface area contributed by atoms with Gasteiger partial charge in [0.15, 0.2) is 0 Å². The van der Waals surface area contributed by atoms with Crippen LogP contribution >= 0.6 is 11.8 Å². The lowest BCUT2D eigenvalue weighted by atomic mass is 10.0. The van der Waals surface area contributed by atoms with Gasteiger partial charge in [-0.3, -0.25) is 0 Å². The van der Waals surface area contributed by atoms with Gasteiger partial charge < -0.3 is 9.84 Å². The van der Waals surface area contributed by atoms with Crippen molar-refractivity contribution in [3.05, 3.63) is 29.3 Å². The van der Waals surface area contributed by atoms with E-state index in [-0.39, 0.29) is 6.10 Å². The molecule has 1 aromatic carbocycles. The number of hydrogen-bond donors (Lipinski definition) is 1. The van der Waals surface area contributed by atoms with Gasteiger partial charge in [0.1, 0.15) is 5.75 Å². The highest BCUT2D eigenvalue weighted by molar-refractivity contribution is 8.00. The highest BCUT2D eigenvalue weighted by atomic mass is 32.2. The Morgan fingerprint density at radius 3 is 3.00 bits per heavy atom. The molecule has 3 heteroatoms. The monoisotopic (exact) mass is 252 g/mol. The molecule has 0 aliphatic carbocycles. The Morgan fingerprint density at radius 1 is 1.53 bits per heavy atom. The van der Waals surface area contributed by atoms with Crippen LogP contribution in [0.15, 0.2) is 18.2 Å². The van der Waals surface area contributed by atoms with Crippen LogP contribution in [-0.4, -0.2) is 29.3 Å².